The molecule has 2 aromatic carbocycles. The summed E-state index contributed by atoms with van der Waals surface area (Å²) in [5, 5.41) is 20.5. The minimum atomic E-state index is -1.04. The third kappa shape index (κ3) is 3.80. The number of rotatable bonds is 5. The number of hydrogen-bond acceptors (Lipinski definition) is 5. The molecule has 7 nitrogen and oxygen atoms in total. The van der Waals surface area contributed by atoms with Crippen molar-refractivity contribution in [2.75, 3.05) is 6.54 Å². The number of aliphatic hydroxyl groups is 1. The first kappa shape index (κ1) is 26.2. The van der Waals surface area contributed by atoms with Crippen LogP contribution in [0.25, 0.3) is 0 Å². The van der Waals surface area contributed by atoms with Gasteiger partial charge in [0.2, 0.25) is 0 Å². The van der Waals surface area contributed by atoms with Gasteiger partial charge in [0.1, 0.15) is 30.3 Å². The molecule has 2 aliphatic carbocycles. The Morgan fingerprint density at radius 1 is 1.13 bits per heavy atom. The summed E-state index contributed by atoms with van der Waals surface area (Å²) in [6, 6.07) is 11.7. The number of hydrogen-bond donors (Lipinski definition) is 2. The van der Waals surface area contributed by atoms with Crippen molar-refractivity contribution in [3.63, 3.8) is 0 Å². The first-order chi connectivity index (χ1) is 18.5. The number of carbonyl (C=O) groups excluding carboxylic acids is 1. The summed E-state index contributed by atoms with van der Waals surface area (Å²) in [5.74, 6) is 0.538. The lowest BCUT2D eigenvalue weighted by atomic mass is 9.43. The molecule has 0 unspecified atom stereocenters. The molecule has 2 heterocycles. The average molecular weight is 534 g/mol. The molecule has 1 spiro atoms. The van der Waals surface area contributed by atoms with E-state index in [-0.39, 0.29) is 35.7 Å². The normalized spacial score (nSPS) is 32.4. The fraction of sp³-hybridized carbons (Fsp3) is 0.562. The van der Waals surface area contributed by atoms with Gasteiger partial charge in [-0.2, -0.15) is 0 Å². The second kappa shape index (κ2) is 8.98. The van der Waals surface area contributed by atoms with Gasteiger partial charge < -0.3 is 24.6 Å². The van der Waals surface area contributed by atoms with Crippen LogP contribution in [0.1, 0.15) is 80.4 Å². The van der Waals surface area contributed by atoms with Crippen LogP contribution < -0.4 is 9.47 Å². The van der Waals surface area contributed by atoms with E-state index >= 15 is 0 Å². The van der Waals surface area contributed by atoms with Crippen molar-refractivity contribution in [3.05, 3.63) is 58.7 Å². The molecule has 39 heavy (non-hydrogen) atoms. The van der Waals surface area contributed by atoms with Gasteiger partial charge in [-0.05, 0) is 55.1 Å². The zero-order valence-electron chi connectivity index (χ0n) is 23.3. The number of nitrogens with zero attached hydrogens (tertiary/aromatic N) is 1. The number of benzene rings is 2. The summed E-state index contributed by atoms with van der Waals surface area (Å²) in [7, 11) is 0. The Morgan fingerprint density at radius 3 is 2.59 bits per heavy atom. The molecule has 2 aliphatic heterocycles. The van der Waals surface area contributed by atoms with E-state index in [0.717, 1.165) is 42.4 Å². The minimum absolute atomic E-state index is 0.153. The summed E-state index contributed by atoms with van der Waals surface area (Å²) in [6.45, 7) is 9.21. The molecule has 4 aliphatic rings. The average Bonchev–Trinajstić information content (AvgIpc) is 3.20. The molecule has 0 aromatic heterocycles. The van der Waals surface area contributed by atoms with E-state index in [0.29, 0.717) is 36.0 Å². The predicted molar refractivity (Wildman–Crippen MR) is 146 cm³/mol. The highest BCUT2D eigenvalue weighted by Crippen LogP contribution is 2.67. The maximum absolute atomic E-state index is 13.4. The Kier molecular flexibility index (Phi) is 6.03. The van der Waals surface area contributed by atoms with Crippen LogP contribution in [0.4, 0.5) is 0 Å². The molecule has 2 fully saturated rings. The molecule has 5 atom stereocenters. The lowest BCUT2D eigenvalue weighted by Crippen LogP contribution is -2.70. The SMILES string of the molecule is C[C@H]1CC[C@H]2C(C)(C)[C@@H](O)CC[C@]23Oc2c(c(OCc4ccccc4)cc4c2CN(CC(=O)O)C4=O)C[C@]13C. The highest BCUT2D eigenvalue weighted by atomic mass is 16.5. The van der Waals surface area contributed by atoms with E-state index in [2.05, 4.69) is 27.7 Å². The van der Waals surface area contributed by atoms with E-state index in [1.54, 1.807) is 0 Å². The van der Waals surface area contributed by atoms with Crippen LogP contribution in [0, 0.1) is 22.7 Å². The Balaban J connectivity index is 1.50. The van der Waals surface area contributed by atoms with Gasteiger partial charge in [0.15, 0.2) is 0 Å². The van der Waals surface area contributed by atoms with Gasteiger partial charge in [0, 0.05) is 22.5 Å². The molecule has 2 N–H and O–H groups in total. The molecule has 0 saturated heterocycles. The predicted octanol–water partition coefficient (Wildman–Crippen LogP) is 5.21. The van der Waals surface area contributed by atoms with E-state index in [9.17, 15) is 19.8 Å². The zero-order valence-corrected chi connectivity index (χ0v) is 23.3. The van der Waals surface area contributed by atoms with Gasteiger partial charge >= 0.3 is 5.97 Å². The van der Waals surface area contributed by atoms with Crippen LogP contribution in [0.3, 0.4) is 0 Å². The van der Waals surface area contributed by atoms with Gasteiger partial charge in [-0.25, -0.2) is 0 Å². The molecule has 7 heteroatoms. The molecule has 0 radical (unpaired) electrons. The van der Waals surface area contributed by atoms with Crippen LogP contribution in [-0.2, 0) is 24.4 Å². The summed E-state index contributed by atoms with van der Waals surface area (Å²) < 4.78 is 13.7. The van der Waals surface area contributed by atoms with Crippen molar-refractivity contribution in [1.82, 2.24) is 4.90 Å². The third-order valence-electron chi connectivity index (χ3n) is 10.8. The largest absolute Gasteiger partial charge is 0.488 e. The summed E-state index contributed by atoms with van der Waals surface area (Å²) in [6.07, 6.45) is 3.81. The summed E-state index contributed by atoms with van der Waals surface area (Å²) in [5.41, 5.74) is 2.23. The van der Waals surface area contributed by atoms with Gasteiger partial charge in [0.05, 0.1) is 18.2 Å². The number of carboxylic acid groups (broad SMARTS) is 1. The molecule has 0 bridgehead atoms. The van der Waals surface area contributed by atoms with Gasteiger partial charge in [-0.1, -0.05) is 58.0 Å². The summed E-state index contributed by atoms with van der Waals surface area (Å²) >= 11 is 0. The quantitative estimate of drug-likeness (QED) is 0.548. The van der Waals surface area contributed by atoms with Crippen LogP contribution in [0.5, 0.6) is 11.5 Å². The fourth-order valence-corrected chi connectivity index (χ4v) is 8.23. The standard InChI is InChI=1S/C32H39NO6/c1-19-10-11-25-30(2,3)26(34)12-13-32(25)31(19,4)15-22-24(38-18-20-8-6-5-7-9-20)14-21-23(28(22)39-32)16-33(29(21)37)17-27(35)36/h5-9,14,19,25-26,34H,10-13,15-18H2,1-4H3,(H,35,36)/t19-,25-,26-,31+,32-/m0/s1. The van der Waals surface area contributed by atoms with Crippen LogP contribution in [0.15, 0.2) is 36.4 Å². The topological polar surface area (TPSA) is 96.3 Å². The van der Waals surface area contributed by atoms with E-state index in [1.807, 2.05) is 36.4 Å². The Bertz CT molecular complexity index is 1320. The van der Waals surface area contributed by atoms with Crippen molar-refractivity contribution < 1.29 is 29.3 Å². The molecule has 2 aromatic rings. The highest BCUT2D eigenvalue weighted by molar-refractivity contribution is 6.01. The molecule has 1 amide bonds. The number of aliphatic carboxylic acids is 1. The molecule has 2 saturated carbocycles. The monoisotopic (exact) mass is 533 g/mol. The Morgan fingerprint density at radius 2 is 1.87 bits per heavy atom. The van der Waals surface area contributed by atoms with Crippen LogP contribution >= 0.6 is 0 Å². The molecule has 208 valence electrons. The van der Waals surface area contributed by atoms with Gasteiger partial charge in [0.25, 0.3) is 5.91 Å². The highest BCUT2D eigenvalue weighted by Gasteiger charge is 2.68. The minimum Gasteiger partial charge on any atom is -0.488 e. The smallest absolute Gasteiger partial charge is 0.323 e. The number of carbonyl (C=O) groups is 2. The van der Waals surface area contributed by atoms with Crippen molar-refractivity contribution in [2.45, 2.75) is 84.7 Å². The number of carboxylic acids is 1. The van der Waals surface area contributed by atoms with E-state index in [4.69, 9.17) is 9.47 Å². The Hall–Kier alpha value is -3.06. The lowest BCUT2D eigenvalue weighted by molar-refractivity contribution is -0.233. The van der Waals surface area contributed by atoms with Crippen molar-refractivity contribution in [2.24, 2.45) is 22.7 Å². The summed E-state index contributed by atoms with van der Waals surface area (Å²) in [4.78, 5) is 26.3. The number of ether oxygens (including phenoxy) is 2. The van der Waals surface area contributed by atoms with E-state index in [1.165, 1.54) is 4.90 Å². The maximum Gasteiger partial charge on any atom is 0.323 e. The zero-order chi connectivity index (χ0) is 27.7. The third-order valence-corrected chi connectivity index (χ3v) is 10.8. The molecular weight excluding hydrogens is 494 g/mol. The van der Waals surface area contributed by atoms with Crippen molar-refractivity contribution in [1.29, 1.82) is 0 Å². The van der Waals surface area contributed by atoms with Gasteiger partial charge in [-0.15, -0.1) is 0 Å². The molecule has 6 rings (SSSR count). The van der Waals surface area contributed by atoms with Crippen molar-refractivity contribution >= 4 is 11.9 Å². The molecular formula is C32H39NO6. The lowest BCUT2D eigenvalue weighted by Gasteiger charge is -2.67. The van der Waals surface area contributed by atoms with Crippen LogP contribution in [0.2, 0.25) is 0 Å². The first-order valence-electron chi connectivity index (χ1n) is 14.2. The number of fused-ring (bicyclic) bond motifs is 3. The second-order valence-corrected chi connectivity index (χ2v) is 13.0. The van der Waals surface area contributed by atoms with E-state index < -0.39 is 17.7 Å². The van der Waals surface area contributed by atoms with Crippen LogP contribution in [-0.4, -0.2) is 45.2 Å². The maximum atomic E-state index is 13.4. The number of amides is 1. The fourth-order valence-electron chi connectivity index (χ4n) is 8.23. The first-order valence-corrected chi connectivity index (χ1v) is 14.2. The number of aliphatic hydroxyl groups excluding tert-OH is 1. The van der Waals surface area contributed by atoms with Crippen molar-refractivity contribution in [3.8, 4) is 11.5 Å². The second-order valence-electron chi connectivity index (χ2n) is 13.0. The van der Waals surface area contributed by atoms with Gasteiger partial charge in [-0.3, -0.25) is 9.59 Å². The Labute approximate surface area is 230 Å².